The first-order valence-electron chi connectivity index (χ1n) is 9.10. The molecule has 1 aromatic carbocycles. The first-order chi connectivity index (χ1) is 13.9. The zero-order valence-corrected chi connectivity index (χ0v) is 15.1. The van der Waals surface area contributed by atoms with E-state index in [1.807, 2.05) is 36.5 Å². The van der Waals surface area contributed by atoms with Gasteiger partial charge in [-0.3, -0.25) is 10.1 Å². The molecule has 8 nitrogen and oxygen atoms in total. The Labute approximate surface area is 161 Å². The Bertz CT molecular complexity index is 1090. The van der Waals surface area contributed by atoms with Crippen LogP contribution in [0.3, 0.4) is 0 Å². The van der Waals surface area contributed by atoms with Crippen LogP contribution in [0, 0.1) is 0 Å². The summed E-state index contributed by atoms with van der Waals surface area (Å²) in [6, 6.07) is 9.72. The summed E-state index contributed by atoms with van der Waals surface area (Å²) in [7, 11) is 0. The maximum atomic E-state index is 5.69. The number of aromatic nitrogens is 6. The van der Waals surface area contributed by atoms with E-state index in [1.54, 1.807) is 18.6 Å². The van der Waals surface area contributed by atoms with E-state index in [-0.39, 0.29) is 0 Å². The summed E-state index contributed by atoms with van der Waals surface area (Å²) in [5.74, 6) is 3.89. The van der Waals surface area contributed by atoms with Gasteiger partial charge in [0.2, 0.25) is 0 Å². The Balaban J connectivity index is 1.33. The highest BCUT2D eigenvalue weighted by atomic mass is 16.6. The highest BCUT2D eigenvalue weighted by Crippen LogP contribution is 2.34. The maximum Gasteiger partial charge on any atom is 0.182 e. The normalized spacial score (nSPS) is 12.9. The van der Waals surface area contributed by atoms with E-state index < -0.39 is 0 Å². The van der Waals surface area contributed by atoms with E-state index in [1.165, 1.54) is 0 Å². The Morgan fingerprint density at radius 1 is 1.04 bits per heavy atom. The van der Waals surface area contributed by atoms with Crippen LogP contribution in [0.25, 0.3) is 22.8 Å². The molecule has 4 heterocycles. The van der Waals surface area contributed by atoms with Crippen LogP contribution in [0.2, 0.25) is 0 Å². The van der Waals surface area contributed by atoms with Gasteiger partial charge in [-0.15, -0.1) is 0 Å². The van der Waals surface area contributed by atoms with Crippen LogP contribution < -0.4 is 9.47 Å². The van der Waals surface area contributed by atoms with Gasteiger partial charge in [-0.2, -0.15) is 5.10 Å². The number of aromatic amines is 1. The fraction of sp³-hybridized carbons (Fsp3) is 0.200. The van der Waals surface area contributed by atoms with Gasteiger partial charge in [-0.05, 0) is 30.3 Å². The molecule has 3 aromatic heterocycles. The van der Waals surface area contributed by atoms with Crippen molar-refractivity contribution in [3.05, 3.63) is 60.9 Å². The van der Waals surface area contributed by atoms with Gasteiger partial charge in [-0.1, -0.05) is 0 Å². The van der Waals surface area contributed by atoms with E-state index in [4.69, 9.17) is 9.47 Å². The first kappa shape index (κ1) is 16.5. The van der Waals surface area contributed by atoms with Gasteiger partial charge in [0.1, 0.15) is 24.9 Å². The molecule has 0 saturated heterocycles. The summed E-state index contributed by atoms with van der Waals surface area (Å²) in [5.41, 5.74) is 1.88. The number of fused-ring (bicyclic) bond motifs is 1. The van der Waals surface area contributed by atoms with Crippen LogP contribution in [0.1, 0.15) is 5.82 Å². The molecule has 0 bridgehead atoms. The molecule has 1 aliphatic rings. The maximum absolute atomic E-state index is 5.69. The van der Waals surface area contributed by atoms with Crippen molar-refractivity contribution in [2.24, 2.45) is 0 Å². The predicted octanol–water partition coefficient (Wildman–Crippen LogP) is 2.74. The van der Waals surface area contributed by atoms with Gasteiger partial charge in [0.05, 0.1) is 0 Å². The van der Waals surface area contributed by atoms with Crippen molar-refractivity contribution in [3.8, 4) is 34.3 Å². The lowest BCUT2D eigenvalue weighted by molar-refractivity contribution is 0.171. The van der Waals surface area contributed by atoms with Crippen molar-refractivity contribution in [2.45, 2.75) is 13.0 Å². The van der Waals surface area contributed by atoms with E-state index >= 15 is 0 Å². The average molecular weight is 374 g/mol. The molecule has 140 valence electrons. The second-order valence-corrected chi connectivity index (χ2v) is 6.40. The SMILES string of the molecule is c1cncc(-c2n[nH]c(CCn3ccnc3-c3ccc4c(c3)OCCO4)n2)c1. The van der Waals surface area contributed by atoms with Gasteiger partial charge in [-0.25, -0.2) is 9.97 Å². The van der Waals surface area contributed by atoms with Crippen LogP contribution in [-0.4, -0.2) is 42.9 Å². The second kappa shape index (κ2) is 7.15. The second-order valence-electron chi connectivity index (χ2n) is 6.40. The molecular weight excluding hydrogens is 356 g/mol. The Hall–Kier alpha value is -3.68. The van der Waals surface area contributed by atoms with E-state index in [9.17, 15) is 0 Å². The molecule has 4 aromatic rings. The number of ether oxygens (including phenoxy) is 2. The molecule has 1 N–H and O–H groups in total. The van der Waals surface area contributed by atoms with Crippen LogP contribution in [0.15, 0.2) is 55.1 Å². The minimum absolute atomic E-state index is 0.565. The summed E-state index contributed by atoms with van der Waals surface area (Å²) in [6.07, 6.45) is 7.96. The summed E-state index contributed by atoms with van der Waals surface area (Å²) < 4.78 is 13.4. The number of pyridine rings is 1. The number of H-pyrrole nitrogens is 1. The van der Waals surface area contributed by atoms with Crippen molar-refractivity contribution in [2.75, 3.05) is 13.2 Å². The monoisotopic (exact) mass is 374 g/mol. The van der Waals surface area contributed by atoms with Gasteiger partial charge in [0, 0.05) is 48.9 Å². The molecule has 0 saturated carbocycles. The highest BCUT2D eigenvalue weighted by molar-refractivity contribution is 5.62. The van der Waals surface area contributed by atoms with Crippen molar-refractivity contribution in [3.63, 3.8) is 0 Å². The molecule has 0 spiro atoms. The third-order valence-corrected chi connectivity index (χ3v) is 4.56. The zero-order valence-electron chi connectivity index (χ0n) is 15.1. The van der Waals surface area contributed by atoms with E-state index in [2.05, 4.69) is 29.7 Å². The van der Waals surface area contributed by atoms with E-state index in [0.29, 0.717) is 25.5 Å². The van der Waals surface area contributed by atoms with Crippen molar-refractivity contribution < 1.29 is 9.47 Å². The van der Waals surface area contributed by atoms with Crippen molar-refractivity contribution >= 4 is 0 Å². The van der Waals surface area contributed by atoms with Crippen LogP contribution >= 0.6 is 0 Å². The summed E-state index contributed by atoms with van der Waals surface area (Å²) in [4.78, 5) is 13.2. The minimum Gasteiger partial charge on any atom is -0.486 e. The molecule has 28 heavy (non-hydrogen) atoms. The third-order valence-electron chi connectivity index (χ3n) is 4.56. The van der Waals surface area contributed by atoms with Crippen molar-refractivity contribution in [1.82, 2.24) is 29.7 Å². The van der Waals surface area contributed by atoms with Gasteiger partial charge >= 0.3 is 0 Å². The summed E-state index contributed by atoms with van der Waals surface area (Å²) >= 11 is 0. The fourth-order valence-corrected chi connectivity index (χ4v) is 3.19. The predicted molar refractivity (Wildman–Crippen MR) is 102 cm³/mol. The van der Waals surface area contributed by atoms with Crippen LogP contribution in [0.4, 0.5) is 0 Å². The molecule has 0 atom stereocenters. The number of nitrogens with one attached hydrogen (secondary N) is 1. The quantitative estimate of drug-likeness (QED) is 0.578. The minimum atomic E-state index is 0.565. The fourth-order valence-electron chi connectivity index (χ4n) is 3.19. The third kappa shape index (κ3) is 3.20. The molecule has 0 unspecified atom stereocenters. The largest absolute Gasteiger partial charge is 0.486 e. The van der Waals surface area contributed by atoms with Crippen molar-refractivity contribution in [1.29, 1.82) is 0 Å². The lowest BCUT2D eigenvalue weighted by Crippen LogP contribution is -2.15. The molecule has 8 heteroatoms. The molecule has 1 aliphatic heterocycles. The molecular formula is C20H18N6O2. The molecule has 0 fully saturated rings. The lowest BCUT2D eigenvalue weighted by Gasteiger charge is -2.19. The number of hydrogen-bond acceptors (Lipinski definition) is 6. The number of benzene rings is 1. The van der Waals surface area contributed by atoms with Crippen LogP contribution in [0.5, 0.6) is 11.5 Å². The van der Waals surface area contributed by atoms with E-state index in [0.717, 1.165) is 40.8 Å². The van der Waals surface area contributed by atoms with Crippen LogP contribution in [-0.2, 0) is 13.0 Å². The Kier molecular flexibility index (Phi) is 4.21. The topological polar surface area (TPSA) is 90.7 Å². The first-order valence-corrected chi connectivity index (χ1v) is 9.10. The number of rotatable bonds is 5. The number of nitrogens with zero attached hydrogens (tertiary/aromatic N) is 5. The smallest absolute Gasteiger partial charge is 0.182 e. The highest BCUT2D eigenvalue weighted by Gasteiger charge is 2.15. The number of imidazole rings is 1. The van der Waals surface area contributed by atoms with Gasteiger partial charge in [0.25, 0.3) is 0 Å². The number of hydrogen-bond donors (Lipinski definition) is 1. The Morgan fingerprint density at radius 2 is 1.96 bits per heavy atom. The molecule has 0 aliphatic carbocycles. The molecule has 0 radical (unpaired) electrons. The van der Waals surface area contributed by atoms with Gasteiger partial charge < -0.3 is 14.0 Å². The summed E-state index contributed by atoms with van der Waals surface area (Å²) in [5, 5.41) is 7.29. The standard InChI is InChI=1S/C20H18N6O2/c1-2-15(13-21-6-1)19-23-18(24-25-19)5-8-26-9-7-22-20(26)14-3-4-16-17(12-14)28-11-10-27-16/h1-4,6-7,9,12-13H,5,8,10-11H2,(H,23,24,25). The lowest BCUT2D eigenvalue weighted by atomic mass is 10.2. The Morgan fingerprint density at radius 3 is 2.86 bits per heavy atom. The molecule has 5 rings (SSSR count). The molecule has 0 amide bonds. The number of aryl methyl sites for hydroxylation is 2. The average Bonchev–Trinajstić information content (AvgIpc) is 3.42. The van der Waals surface area contributed by atoms with Gasteiger partial charge in [0.15, 0.2) is 17.3 Å². The summed E-state index contributed by atoms with van der Waals surface area (Å²) in [6.45, 7) is 1.88. The zero-order chi connectivity index (χ0) is 18.8.